The molecule has 1 aliphatic rings. The molecule has 0 saturated heterocycles. The van der Waals surface area contributed by atoms with Crippen molar-refractivity contribution in [2.45, 2.75) is 9.79 Å². The Balaban J connectivity index is 2.01. The standard InChI is InChI=1S/C13H10N2O2S2/c14-9-5-7-10(8-6-9)18-13-11-3-1-2-4-12(11)19(16,17)15-13/h1-8H,14H2. The topological polar surface area (TPSA) is 72.5 Å². The number of fused-ring (bicyclic) bond motifs is 1. The van der Waals surface area contributed by atoms with E-state index in [4.69, 9.17) is 5.73 Å². The van der Waals surface area contributed by atoms with E-state index in [9.17, 15) is 8.42 Å². The lowest BCUT2D eigenvalue weighted by atomic mass is 10.2. The van der Waals surface area contributed by atoms with Gasteiger partial charge < -0.3 is 5.73 Å². The highest BCUT2D eigenvalue weighted by Gasteiger charge is 2.28. The van der Waals surface area contributed by atoms with Crippen LogP contribution in [0.15, 0.2) is 62.7 Å². The predicted molar refractivity (Wildman–Crippen MR) is 76.9 cm³/mol. The molecular weight excluding hydrogens is 280 g/mol. The molecule has 0 fully saturated rings. The van der Waals surface area contributed by atoms with E-state index in [1.54, 1.807) is 36.4 Å². The highest BCUT2D eigenvalue weighted by Crippen LogP contribution is 2.34. The van der Waals surface area contributed by atoms with Gasteiger partial charge >= 0.3 is 0 Å². The number of hydrogen-bond donors (Lipinski definition) is 1. The quantitative estimate of drug-likeness (QED) is 0.819. The highest BCUT2D eigenvalue weighted by atomic mass is 32.2. The van der Waals surface area contributed by atoms with Gasteiger partial charge in [0.1, 0.15) is 5.04 Å². The smallest absolute Gasteiger partial charge is 0.284 e. The summed E-state index contributed by atoms with van der Waals surface area (Å²) in [7, 11) is -3.54. The highest BCUT2D eigenvalue weighted by molar-refractivity contribution is 8.15. The molecule has 0 aromatic heterocycles. The largest absolute Gasteiger partial charge is 0.399 e. The maximum Gasteiger partial charge on any atom is 0.284 e. The number of nitrogen functional groups attached to an aromatic ring is 1. The van der Waals surface area contributed by atoms with Crippen LogP contribution in [0.1, 0.15) is 5.56 Å². The minimum atomic E-state index is -3.54. The Morgan fingerprint density at radius 3 is 2.42 bits per heavy atom. The number of rotatable bonds is 1. The van der Waals surface area contributed by atoms with Crippen LogP contribution in [0.4, 0.5) is 5.69 Å². The summed E-state index contributed by atoms with van der Waals surface area (Å²) in [4.78, 5) is 1.17. The zero-order valence-corrected chi connectivity index (χ0v) is 11.4. The maximum atomic E-state index is 11.9. The molecule has 0 amide bonds. The number of nitrogens with two attached hydrogens (primary N) is 1. The van der Waals surface area contributed by atoms with Gasteiger partial charge in [0.05, 0.1) is 4.90 Å². The van der Waals surface area contributed by atoms with Gasteiger partial charge in [-0.15, -0.1) is 0 Å². The van der Waals surface area contributed by atoms with Crippen molar-refractivity contribution in [2.75, 3.05) is 5.73 Å². The third-order valence-corrected chi connectivity index (χ3v) is 5.16. The number of nitrogens with zero attached hydrogens (tertiary/aromatic N) is 1. The van der Waals surface area contributed by atoms with Gasteiger partial charge in [-0.1, -0.05) is 30.0 Å². The average molecular weight is 290 g/mol. The predicted octanol–water partition coefficient (Wildman–Crippen LogP) is 2.51. The molecule has 4 nitrogen and oxygen atoms in total. The third kappa shape index (κ3) is 2.24. The minimum absolute atomic E-state index is 0.271. The van der Waals surface area contributed by atoms with Crippen LogP contribution in [0.3, 0.4) is 0 Å². The molecule has 2 N–H and O–H groups in total. The van der Waals surface area contributed by atoms with Crippen LogP contribution >= 0.6 is 11.8 Å². The second-order valence-corrected chi connectivity index (χ2v) is 6.67. The van der Waals surface area contributed by atoms with E-state index < -0.39 is 10.0 Å². The van der Waals surface area contributed by atoms with Crippen LogP contribution in [0.25, 0.3) is 0 Å². The second kappa shape index (κ2) is 4.40. The van der Waals surface area contributed by atoms with Crippen molar-refractivity contribution in [3.05, 3.63) is 54.1 Å². The fraction of sp³-hybridized carbons (Fsp3) is 0. The lowest BCUT2D eigenvalue weighted by molar-refractivity contribution is 0.599. The van der Waals surface area contributed by atoms with E-state index in [2.05, 4.69) is 4.40 Å². The monoisotopic (exact) mass is 290 g/mol. The Labute approximate surface area is 115 Å². The molecule has 0 unspecified atom stereocenters. The molecule has 96 valence electrons. The second-order valence-electron chi connectivity index (χ2n) is 4.04. The Morgan fingerprint density at radius 1 is 1.00 bits per heavy atom. The zero-order valence-electron chi connectivity index (χ0n) is 9.78. The molecule has 2 aromatic rings. The van der Waals surface area contributed by atoms with E-state index >= 15 is 0 Å². The molecule has 0 atom stereocenters. The van der Waals surface area contributed by atoms with Crippen molar-refractivity contribution in [3.8, 4) is 0 Å². The molecule has 0 aliphatic carbocycles. The normalized spacial score (nSPS) is 15.9. The Morgan fingerprint density at radius 2 is 1.68 bits per heavy atom. The summed E-state index contributed by atoms with van der Waals surface area (Å²) in [6, 6.07) is 14.1. The Bertz CT molecular complexity index is 765. The van der Waals surface area contributed by atoms with E-state index in [1.165, 1.54) is 11.8 Å². The van der Waals surface area contributed by atoms with Gasteiger partial charge in [-0.05, 0) is 30.3 Å². The molecule has 0 saturated carbocycles. The lowest BCUT2D eigenvalue weighted by Crippen LogP contribution is -1.93. The first-order chi connectivity index (χ1) is 9.06. The van der Waals surface area contributed by atoms with Gasteiger partial charge in [-0.3, -0.25) is 0 Å². The van der Waals surface area contributed by atoms with Crippen molar-refractivity contribution >= 4 is 32.5 Å². The molecule has 0 bridgehead atoms. The lowest BCUT2D eigenvalue weighted by Gasteiger charge is -2.02. The fourth-order valence-corrected chi connectivity index (χ4v) is 4.20. The Hall–Kier alpha value is -1.79. The number of anilines is 1. The SMILES string of the molecule is Nc1ccc(SC2=NS(=O)(=O)c3ccccc32)cc1. The minimum Gasteiger partial charge on any atom is -0.399 e. The first kappa shape index (κ1) is 12.3. The molecule has 0 radical (unpaired) electrons. The Kier molecular flexibility index (Phi) is 2.83. The first-order valence-electron chi connectivity index (χ1n) is 5.54. The van der Waals surface area contributed by atoms with Crippen LogP contribution in [0, 0.1) is 0 Å². The number of thioether (sulfide) groups is 1. The van der Waals surface area contributed by atoms with Crippen molar-refractivity contribution in [1.29, 1.82) is 0 Å². The first-order valence-corrected chi connectivity index (χ1v) is 7.80. The van der Waals surface area contributed by atoms with Gasteiger partial charge in [0.2, 0.25) is 0 Å². The van der Waals surface area contributed by atoms with E-state index in [-0.39, 0.29) is 4.90 Å². The molecule has 19 heavy (non-hydrogen) atoms. The number of sulfonamides is 1. The van der Waals surface area contributed by atoms with Crippen molar-refractivity contribution in [2.24, 2.45) is 4.40 Å². The van der Waals surface area contributed by atoms with E-state index in [1.807, 2.05) is 12.1 Å². The van der Waals surface area contributed by atoms with Crippen molar-refractivity contribution < 1.29 is 8.42 Å². The van der Waals surface area contributed by atoms with Crippen LogP contribution < -0.4 is 5.73 Å². The van der Waals surface area contributed by atoms with E-state index in [0.29, 0.717) is 16.3 Å². The van der Waals surface area contributed by atoms with Crippen LogP contribution in [-0.4, -0.2) is 13.5 Å². The van der Waals surface area contributed by atoms with Crippen molar-refractivity contribution in [3.63, 3.8) is 0 Å². The summed E-state index contributed by atoms with van der Waals surface area (Å²) in [6.07, 6.45) is 0. The summed E-state index contributed by atoms with van der Waals surface area (Å²) >= 11 is 1.32. The van der Waals surface area contributed by atoms with Gasteiger partial charge in [0.15, 0.2) is 0 Å². The third-order valence-electron chi connectivity index (χ3n) is 2.69. The summed E-state index contributed by atoms with van der Waals surface area (Å²) in [6.45, 7) is 0. The summed E-state index contributed by atoms with van der Waals surface area (Å²) in [5.41, 5.74) is 6.95. The molecule has 1 heterocycles. The number of hydrogen-bond acceptors (Lipinski definition) is 4. The van der Waals surface area contributed by atoms with Gasteiger partial charge in [0, 0.05) is 16.1 Å². The van der Waals surface area contributed by atoms with Gasteiger partial charge in [-0.2, -0.15) is 12.8 Å². The summed E-state index contributed by atoms with van der Waals surface area (Å²) in [5, 5.41) is 0.500. The van der Waals surface area contributed by atoms with Gasteiger partial charge in [-0.25, -0.2) is 0 Å². The van der Waals surface area contributed by atoms with Crippen molar-refractivity contribution in [1.82, 2.24) is 0 Å². The molecular formula is C13H10N2O2S2. The zero-order chi connectivity index (χ0) is 13.5. The van der Waals surface area contributed by atoms with Crippen LogP contribution in [0.5, 0.6) is 0 Å². The maximum absolute atomic E-state index is 11.9. The van der Waals surface area contributed by atoms with Crippen LogP contribution in [0.2, 0.25) is 0 Å². The average Bonchev–Trinajstić information content (AvgIpc) is 2.65. The van der Waals surface area contributed by atoms with Gasteiger partial charge in [0.25, 0.3) is 10.0 Å². The number of benzene rings is 2. The summed E-state index contributed by atoms with van der Waals surface area (Å²) in [5.74, 6) is 0. The molecule has 1 aliphatic heterocycles. The van der Waals surface area contributed by atoms with Crippen LogP contribution in [-0.2, 0) is 10.0 Å². The summed E-state index contributed by atoms with van der Waals surface area (Å²) < 4.78 is 27.6. The molecule has 6 heteroatoms. The molecule has 2 aromatic carbocycles. The van der Waals surface area contributed by atoms with E-state index in [0.717, 1.165) is 4.90 Å². The molecule has 3 rings (SSSR count). The molecule has 0 spiro atoms. The fourth-order valence-electron chi connectivity index (χ4n) is 1.80.